The summed E-state index contributed by atoms with van der Waals surface area (Å²) in [4.78, 5) is 0. The van der Waals surface area contributed by atoms with Crippen molar-refractivity contribution in [2.75, 3.05) is 6.54 Å². The molecule has 0 rings (SSSR count). The van der Waals surface area contributed by atoms with Crippen molar-refractivity contribution in [3.63, 3.8) is 0 Å². The number of hydrogen-bond donors (Lipinski definition) is 3. The summed E-state index contributed by atoms with van der Waals surface area (Å²) in [6.45, 7) is 10.0. The molecule has 0 saturated heterocycles. The molecule has 0 radical (unpaired) electrons. The molecule has 2 unspecified atom stereocenters. The average Bonchev–Trinajstić information content (AvgIpc) is 2.03. The van der Waals surface area contributed by atoms with E-state index in [0.717, 1.165) is 0 Å². The molecule has 0 fully saturated rings. The Morgan fingerprint density at radius 1 is 1.08 bits per heavy atom. The Bertz CT molecular complexity index is 84.6. The first-order valence-corrected chi connectivity index (χ1v) is 4.63. The molecule has 0 aliphatic rings. The standard InChI is InChI=1S/C7H17NO2.C2H6/c1-5(2)8-4-7(10)6(3)9;1-2/h5-10H,4H2,1-3H3;1-2H3. The Kier molecular flexibility index (Phi) is 10.8. The predicted octanol–water partition coefficient (Wildman–Crippen LogP) is 0.752. The molecule has 0 bridgehead atoms. The summed E-state index contributed by atoms with van der Waals surface area (Å²) < 4.78 is 0. The van der Waals surface area contributed by atoms with Gasteiger partial charge in [-0.3, -0.25) is 0 Å². The third kappa shape index (κ3) is 9.88. The van der Waals surface area contributed by atoms with E-state index in [9.17, 15) is 0 Å². The van der Waals surface area contributed by atoms with Gasteiger partial charge in [0.2, 0.25) is 0 Å². The molecule has 0 aliphatic heterocycles. The number of nitrogens with one attached hydrogen (secondary N) is 1. The van der Waals surface area contributed by atoms with Gasteiger partial charge < -0.3 is 15.5 Å². The number of aliphatic hydroxyl groups is 2. The molecule has 2 atom stereocenters. The van der Waals surface area contributed by atoms with Crippen LogP contribution in [-0.2, 0) is 0 Å². The molecule has 0 aromatic carbocycles. The first kappa shape index (κ1) is 14.4. The van der Waals surface area contributed by atoms with E-state index in [1.54, 1.807) is 6.92 Å². The summed E-state index contributed by atoms with van der Waals surface area (Å²) >= 11 is 0. The lowest BCUT2D eigenvalue weighted by Crippen LogP contribution is -2.37. The molecule has 3 nitrogen and oxygen atoms in total. The number of rotatable bonds is 4. The van der Waals surface area contributed by atoms with Crippen molar-refractivity contribution in [2.24, 2.45) is 0 Å². The van der Waals surface area contributed by atoms with E-state index in [4.69, 9.17) is 10.2 Å². The zero-order chi connectivity index (χ0) is 10.1. The van der Waals surface area contributed by atoms with Crippen LogP contribution >= 0.6 is 0 Å². The van der Waals surface area contributed by atoms with Gasteiger partial charge >= 0.3 is 0 Å². The second kappa shape index (κ2) is 8.97. The minimum atomic E-state index is -0.651. The lowest BCUT2D eigenvalue weighted by molar-refractivity contribution is 0.0309. The fourth-order valence-electron chi connectivity index (χ4n) is 0.527. The van der Waals surface area contributed by atoms with Crippen LogP contribution in [0, 0.1) is 0 Å². The summed E-state index contributed by atoms with van der Waals surface area (Å²) in [5, 5.41) is 20.9. The van der Waals surface area contributed by atoms with E-state index in [0.29, 0.717) is 12.6 Å². The molecule has 0 aliphatic carbocycles. The van der Waals surface area contributed by atoms with Crippen LogP contribution in [0.1, 0.15) is 34.6 Å². The van der Waals surface area contributed by atoms with Crippen molar-refractivity contribution in [3.8, 4) is 0 Å². The van der Waals surface area contributed by atoms with Gasteiger partial charge in [0.25, 0.3) is 0 Å². The SMILES string of the molecule is CC.CC(C)NCC(O)C(C)O. The van der Waals surface area contributed by atoms with Crippen LogP contribution in [0.5, 0.6) is 0 Å². The first-order chi connectivity index (χ1) is 5.54. The van der Waals surface area contributed by atoms with Crippen molar-refractivity contribution in [3.05, 3.63) is 0 Å². The summed E-state index contributed by atoms with van der Waals surface area (Å²) in [6, 6.07) is 0.355. The molecule has 0 heterocycles. The van der Waals surface area contributed by atoms with Crippen LogP contribution in [0.15, 0.2) is 0 Å². The monoisotopic (exact) mass is 177 g/mol. The smallest absolute Gasteiger partial charge is 0.0920 e. The minimum Gasteiger partial charge on any atom is -0.391 e. The van der Waals surface area contributed by atoms with E-state index < -0.39 is 12.2 Å². The van der Waals surface area contributed by atoms with Crippen molar-refractivity contribution < 1.29 is 10.2 Å². The summed E-state index contributed by atoms with van der Waals surface area (Å²) in [6.07, 6.45) is -1.30. The molecule has 0 saturated carbocycles. The summed E-state index contributed by atoms with van der Waals surface area (Å²) in [7, 11) is 0. The third-order valence-electron chi connectivity index (χ3n) is 1.29. The van der Waals surface area contributed by atoms with Gasteiger partial charge in [0.15, 0.2) is 0 Å². The molecule has 0 aromatic rings. The van der Waals surface area contributed by atoms with Gasteiger partial charge in [-0.25, -0.2) is 0 Å². The maximum absolute atomic E-state index is 9.06. The quantitative estimate of drug-likeness (QED) is 0.594. The minimum absolute atomic E-state index is 0.355. The van der Waals surface area contributed by atoms with E-state index in [-0.39, 0.29) is 0 Å². The second-order valence-electron chi connectivity index (χ2n) is 2.87. The Labute approximate surface area is 75.8 Å². The van der Waals surface area contributed by atoms with Crippen LogP contribution in [0.2, 0.25) is 0 Å². The van der Waals surface area contributed by atoms with E-state index >= 15 is 0 Å². The lowest BCUT2D eigenvalue weighted by Gasteiger charge is -2.15. The molecule has 0 amide bonds. The normalized spacial score (nSPS) is 15.0. The largest absolute Gasteiger partial charge is 0.391 e. The van der Waals surface area contributed by atoms with Crippen LogP contribution in [0.25, 0.3) is 0 Å². The Hall–Kier alpha value is -0.120. The van der Waals surface area contributed by atoms with Crippen LogP contribution in [0.3, 0.4) is 0 Å². The molecule has 12 heavy (non-hydrogen) atoms. The number of aliphatic hydroxyl groups excluding tert-OH is 2. The fourth-order valence-corrected chi connectivity index (χ4v) is 0.527. The van der Waals surface area contributed by atoms with Crippen LogP contribution < -0.4 is 5.32 Å². The average molecular weight is 177 g/mol. The molecular formula is C9H23NO2. The summed E-state index contributed by atoms with van der Waals surface area (Å²) in [5.74, 6) is 0. The molecule has 0 aromatic heterocycles. The Balaban J connectivity index is 0. The van der Waals surface area contributed by atoms with Crippen molar-refractivity contribution >= 4 is 0 Å². The maximum Gasteiger partial charge on any atom is 0.0920 e. The van der Waals surface area contributed by atoms with Crippen LogP contribution in [-0.4, -0.2) is 35.0 Å². The molecule has 76 valence electrons. The van der Waals surface area contributed by atoms with Gasteiger partial charge in [-0.05, 0) is 6.92 Å². The maximum atomic E-state index is 9.06. The van der Waals surface area contributed by atoms with E-state index in [2.05, 4.69) is 5.32 Å². The molecular weight excluding hydrogens is 154 g/mol. The highest BCUT2D eigenvalue weighted by Gasteiger charge is 2.09. The van der Waals surface area contributed by atoms with Gasteiger partial charge in [-0.2, -0.15) is 0 Å². The van der Waals surface area contributed by atoms with Crippen LogP contribution in [0.4, 0.5) is 0 Å². The highest BCUT2D eigenvalue weighted by Crippen LogP contribution is 1.89. The topological polar surface area (TPSA) is 52.5 Å². The van der Waals surface area contributed by atoms with Gasteiger partial charge in [-0.15, -0.1) is 0 Å². The zero-order valence-corrected chi connectivity index (χ0v) is 8.83. The van der Waals surface area contributed by atoms with Crippen molar-refractivity contribution in [1.29, 1.82) is 0 Å². The molecule has 3 N–H and O–H groups in total. The summed E-state index contributed by atoms with van der Waals surface area (Å²) in [5.41, 5.74) is 0. The lowest BCUT2D eigenvalue weighted by atomic mass is 10.2. The molecule has 3 heteroatoms. The third-order valence-corrected chi connectivity index (χ3v) is 1.29. The van der Waals surface area contributed by atoms with Gasteiger partial charge in [0.1, 0.15) is 0 Å². The highest BCUT2D eigenvalue weighted by atomic mass is 16.3. The Morgan fingerprint density at radius 3 is 1.75 bits per heavy atom. The second-order valence-corrected chi connectivity index (χ2v) is 2.87. The van der Waals surface area contributed by atoms with Gasteiger partial charge in [0.05, 0.1) is 12.2 Å². The first-order valence-electron chi connectivity index (χ1n) is 4.63. The highest BCUT2D eigenvalue weighted by molar-refractivity contribution is 4.66. The molecule has 0 spiro atoms. The fraction of sp³-hybridized carbons (Fsp3) is 1.00. The zero-order valence-electron chi connectivity index (χ0n) is 8.83. The van der Waals surface area contributed by atoms with Crippen molar-refractivity contribution in [1.82, 2.24) is 5.32 Å². The van der Waals surface area contributed by atoms with Gasteiger partial charge in [-0.1, -0.05) is 27.7 Å². The van der Waals surface area contributed by atoms with Gasteiger partial charge in [0, 0.05) is 12.6 Å². The van der Waals surface area contributed by atoms with Crippen molar-refractivity contribution in [2.45, 2.75) is 52.9 Å². The van der Waals surface area contributed by atoms with E-state index in [1.165, 1.54) is 0 Å². The van der Waals surface area contributed by atoms with E-state index in [1.807, 2.05) is 27.7 Å². The number of hydrogen-bond acceptors (Lipinski definition) is 3. The Morgan fingerprint density at radius 2 is 1.50 bits per heavy atom. The predicted molar refractivity (Wildman–Crippen MR) is 52.2 cm³/mol.